The second-order valence-corrected chi connectivity index (χ2v) is 8.25. The summed E-state index contributed by atoms with van der Waals surface area (Å²) in [6.07, 6.45) is 0. The molecule has 3 aromatic carbocycles. The van der Waals surface area contributed by atoms with E-state index in [4.69, 9.17) is 4.74 Å². The van der Waals surface area contributed by atoms with Gasteiger partial charge in [0.15, 0.2) is 23.3 Å². The molecule has 0 fully saturated rings. The fourth-order valence-electron chi connectivity index (χ4n) is 3.21. The van der Waals surface area contributed by atoms with Gasteiger partial charge in [0, 0.05) is 5.56 Å². The van der Waals surface area contributed by atoms with Crippen LogP contribution in [0.1, 0.15) is 11.1 Å². The third kappa shape index (κ3) is 3.72. The Morgan fingerprint density at radius 3 is 1.90 bits per heavy atom. The van der Waals surface area contributed by atoms with Gasteiger partial charge in [-0.25, -0.2) is 26.0 Å². The molecule has 0 heterocycles. The molecule has 4 nitrogen and oxygen atoms in total. The molecule has 0 aliphatic rings. The fourth-order valence-corrected chi connectivity index (χ4v) is 4.30. The van der Waals surface area contributed by atoms with Crippen LogP contribution >= 0.6 is 0 Å². The van der Waals surface area contributed by atoms with E-state index >= 15 is 0 Å². The molecular weight excluding hydrogens is 422 g/mol. The van der Waals surface area contributed by atoms with Gasteiger partial charge in [0.2, 0.25) is 0 Å². The fraction of sp³-hybridized carbons (Fsp3) is 0.143. The van der Waals surface area contributed by atoms with Crippen molar-refractivity contribution in [1.82, 2.24) is 0 Å². The molecule has 0 unspecified atom stereocenters. The number of aryl methyl sites for hydroxylation is 2. The van der Waals surface area contributed by atoms with Crippen LogP contribution in [0.2, 0.25) is 0 Å². The van der Waals surface area contributed by atoms with E-state index in [1.807, 2.05) is 4.72 Å². The van der Waals surface area contributed by atoms with E-state index in [1.54, 1.807) is 19.9 Å². The normalized spacial score (nSPS) is 11.4. The van der Waals surface area contributed by atoms with Crippen molar-refractivity contribution in [3.8, 4) is 16.9 Å². The van der Waals surface area contributed by atoms with Gasteiger partial charge in [-0.2, -0.15) is 0 Å². The molecule has 3 aromatic rings. The lowest BCUT2D eigenvalue weighted by Crippen LogP contribution is -2.17. The van der Waals surface area contributed by atoms with Crippen LogP contribution in [0.5, 0.6) is 5.75 Å². The standard InChI is InChI=1S/C21H17F4NO3S/c1-11-9-13(10-12(2)21(11)29-3)15-16(22)17(23)18(24)19(25)20(15)26-30(27,28)14-7-5-4-6-8-14/h4-10,26H,1-3H3. The average molecular weight is 439 g/mol. The molecule has 0 saturated heterocycles. The molecule has 3 rings (SSSR count). The van der Waals surface area contributed by atoms with Gasteiger partial charge in [-0.15, -0.1) is 0 Å². The monoisotopic (exact) mass is 439 g/mol. The lowest BCUT2D eigenvalue weighted by atomic mass is 9.97. The van der Waals surface area contributed by atoms with Gasteiger partial charge in [-0.05, 0) is 54.8 Å². The Labute approximate surface area is 171 Å². The largest absolute Gasteiger partial charge is 0.496 e. The van der Waals surface area contributed by atoms with Gasteiger partial charge < -0.3 is 4.74 Å². The number of ether oxygens (including phenoxy) is 1. The first kappa shape index (κ1) is 21.6. The van der Waals surface area contributed by atoms with Crippen LogP contribution in [0.15, 0.2) is 47.4 Å². The smallest absolute Gasteiger partial charge is 0.262 e. The van der Waals surface area contributed by atoms with Crippen molar-refractivity contribution < 1.29 is 30.7 Å². The van der Waals surface area contributed by atoms with Crippen molar-refractivity contribution in [2.24, 2.45) is 0 Å². The highest BCUT2D eigenvalue weighted by Crippen LogP contribution is 2.40. The highest BCUT2D eigenvalue weighted by Gasteiger charge is 2.29. The second-order valence-electron chi connectivity index (χ2n) is 6.57. The molecule has 0 amide bonds. The summed E-state index contributed by atoms with van der Waals surface area (Å²) >= 11 is 0. The highest BCUT2D eigenvalue weighted by atomic mass is 32.2. The van der Waals surface area contributed by atoms with Crippen LogP contribution in [-0.2, 0) is 10.0 Å². The zero-order valence-electron chi connectivity index (χ0n) is 16.2. The Morgan fingerprint density at radius 2 is 1.37 bits per heavy atom. The number of nitrogens with one attached hydrogen (secondary N) is 1. The summed E-state index contributed by atoms with van der Waals surface area (Å²) in [7, 11) is -2.99. The van der Waals surface area contributed by atoms with Crippen LogP contribution in [0.3, 0.4) is 0 Å². The van der Waals surface area contributed by atoms with Gasteiger partial charge in [0.05, 0.1) is 17.7 Å². The molecular formula is C21H17F4NO3S. The Bertz CT molecular complexity index is 1210. The molecule has 0 spiro atoms. The summed E-state index contributed by atoms with van der Waals surface area (Å²) in [5, 5.41) is 0. The van der Waals surface area contributed by atoms with E-state index in [0.29, 0.717) is 16.9 Å². The molecule has 1 N–H and O–H groups in total. The van der Waals surface area contributed by atoms with Crippen molar-refractivity contribution in [3.63, 3.8) is 0 Å². The van der Waals surface area contributed by atoms with E-state index in [0.717, 1.165) is 0 Å². The molecule has 0 aliphatic carbocycles. The maximum atomic E-state index is 14.8. The van der Waals surface area contributed by atoms with Crippen molar-refractivity contribution in [2.45, 2.75) is 18.7 Å². The van der Waals surface area contributed by atoms with Gasteiger partial charge >= 0.3 is 0 Å². The van der Waals surface area contributed by atoms with E-state index in [-0.39, 0.29) is 10.5 Å². The molecule has 9 heteroatoms. The topological polar surface area (TPSA) is 55.4 Å². The number of benzene rings is 3. The van der Waals surface area contributed by atoms with E-state index in [1.165, 1.54) is 43.5 Å². The van der Waals surface area contributed by atoms with Gasteiger partial charge in [0.1, 0.15) is 5.75 Å². The summed E-state index contributed by atoms with van der Waals surface area (Å²) in [5.74, 6) is -7.27. The molecule has 0 aliphatic heterocycles. The first-order chi connectivity index (χ1) is 14.1. The molecule has 0 atom stereocenters. The maximum absolute atomic E-state index is 14.8. The molecule has 0 aromatic heterocycles. The zero-order chi connectivity index (χ0) is 22.2. The second kappa shape index (κ2) is 7.98. The van der Waals surface area contributed by atoms with Crippen LogP contribution < -0.4 is 9.46 Å². The summed E-state index contributed by atoms with van der Waals surface area (Å²) < 4.78 is 89.8. The number of anilines is 1. The highest BCUT2D eigenvalue weighted by molar-refractivity contribution is 7.92. The molecule has 0 saturated carbocycles. The number of halogens is 4. The number of hydrogen-bond acceptors (Lipinski definition) is 3. The molecule has 0 radical (unpaired) electrons. The van der Waals surface area contributed by atoms with Crippen molar-refractivity contribution in [2.75, 3.05) is 11.8 Å². The minimum atomic E-state index is -4.42. The quantitative estimate of drug-likeness (QED) is 0.332. The number of hydrogen-bond donors (Lipinski definition) is 1. The SMILES string of the molecule is COc1c(C)cc(-c2c(F)c(F)c(F)c(F)c2NS(=O)(=O)c2ccccc2)cc1C. The lowest BCUT2D eigenvalue weighted by molar-refractivity contribution is 0.408. The summed E-state index contributed by atoms with van der Waals surface area (Å²) in [6.45, 7) is 3.24. The third-order valence-electron chi connectivity index (χ3n) is 4.51. The number of rotatable bonds is 5. The Morgan fingerprint density at radius 1 is 0.833 bits per heavy atom. The minimum Gasteiger partial charge on any atom is -0.496 e. The van der Waals surface area contributed by atoms with Gasteiger partial charge in [-0.3, -0.25) is 4.72 Å². The number of sulfonamides is 1. The van der Waals surface area contributed by atoms with Crippen LogP contribution in [0.4, 0.5) is 23.2 Å². The Balaban J connectivity index is 2.29. The predicted molar refractivity (Wildman–Crippen MR) is 105 cm³/mol. The van der Waals surface area contributed by atoms with Crippen LogP contribution in [0, 0.1) is 37.1 Å². The van der Waals surface area contributed by atoms with Crippen molar-refractivity contribution in [3.05, 3.63) is 76.9 Å². The van der Waals surface area contributed by atoms with E-state index in [2.05, 4.69) is 0 Å². The summed E-state index contributed by atoms with van der Waals surface area (Å²) in [5.41, 5.74) is -0.811. The molecule has 0 bridgehead atoms. The number of methoxy groups -OCH3 is 1. The first-order valence-corrected chi connectivity index (χ1v) is 10.2. The van der Waals surface area contributed by atoms with E-state index < -0.39 is 44.5 Å². The van der Waals surface area contributed by atoms with Crippen LogP contribution in [-0.4, -0.2) is 15.5 Å². The van der Waals surface area contributed by atoms with E-state index in [9.17, 15) is 26.0 Å². The summed E-state index contributed by atoms with van der Waals surface area (Å²) in [6, 6.07) is 9.57. The molecule has 158 valence electrons. The Kier molecular flexibility index (Phi) is 5.76. The minimum absolute atomic E-state index is 0.0492. The Hall–Kier alpha value is -3.07. The van der Waals surface area contributed by atoms with Crippen molar-refractivity contribution >= 4 is 15.7 Å². The first-order valence-electron chi connectivity index (χ1n) is 8.68. The lowest BCUT2D eigenvalue weighted by Gasteiger charge is -2.18. The van der Waals surface area contributed by atoms with Gasteiger partial charge in [-0.1, -0.05) is 18.2 Å². The third-order valence-corrected chi connectivity index (χ3v) is 5.88. The molecule has 30 heavy (non-hydrogen) atoms. The summed E-state index contributed by atoms with van der Waals surface area (Å²) in [4.78, 5) is -0.261. The van der Waals surface area contributed by atoms with Crippen LogP contribution in [0.25, 0.3) is 11.1 Å². The van der Waals surface area contributed by atoms with Crippen molar-refractivity contribution in [1.29, 1.82) is 0 Å². The van der Waals surface area contributed by atoms with Gasteiger partial charge in [0.25, 0.3) is 10.0 Å². The zero-order valence-corrected chi connectivity index (χ0v) is 17.0. The predicted octanol–water partition coefficient (Wildman–Crippen LogP) is 5.34. The maximum Gasteiger partial charge on any atom is 0.262 e. The average Bonchev–Trinajstić information content (AvgIpc) is 2.71.